The summed E-state index contributed by atoms with van der Waals surface area (Å²) in [7, 11) is 1.74. The standard InChI is InChI=1S/C17H26N4O2.ClH/c1-4-17(5-2,12-18)19-15(22)10-11-21-14-9-7-6-8-13(14)20(3)16(21)23;/h6-9H,4-5,10-12,18H2,1-3H3,(H,19,22);1H. The van der Waals surface area contributed by atoms with E-state index in [1.807, 2.05) is 38.1 Å². The zero-order chi connectivity index (χ0) is 17.0. The van der Waals surface area contributed by atoms with Crippen LogP contribution in [0.25, 0.3) is 11.0 Å². The van der Waals surface area contributed by atoms with Crippen LogP contribution in [0.3, 0.4) is 0 Å². The number of hydrogen-bond acceptors (Lipinski definition) is 3. The van der Waals surface area contributed by atoms with Crippen LogP contribution < -0.4 is 16.7 Å². The van der Waals surface area contributed by atoms with Crippen LogP contribution in [0.1, 0.15) is 33.1 Å². The quantitative estimate of drug-likeness (QED) is 0.795. The maximum Gasteiger partial charge on any atom is 0.328 e. The molecule has 2 aromatic rings. The number of aromatic nitrogens is 2. The lowest BCUT2D eigenvalue weighted by Crippen LogP contribution is -2.53. The molecule has 0 aliphatic heterocycles. The minimum Gasteiger partial charge on any atom is -0.349 e. The number of nitrogens with two attached hydrogens (primary N) is 1. The molecule has 3 N–H and O–H groups in total. The predicted molar refractivity (Wildman–Crippen MR) is 99.6 cm³/mol. The van der Waals surface area contributed by atoms with Gasteiger partial charge in [0.25, 0.3) is 0 Å². The molecule has 7 heteroatoms. The van der Waals surface area contributed by atoms with Crippen molar-refractivity contribution < 1.29 is 4.79 Å². The SMILES string of the molecule is CCC(CC)(CN)NC(=O)CCn1c(=O)n(C)c2ccccc21.Cl. The average molecular weight is 355 g/mol. The van der Waals surface area contributed by atoms with E-state index >= 15 is 0 Å². The van der Waals surface area contributed by atoms with E-state index < -0.39 is 0 Å². The van der Waals surface area contributed by atoms with Crippen molar-refractivity contribution in [2.24, 2.45) is 12.8 Å². The summed E-state index contributed by atoms with van der Waals surface area (Å²) in [5.41, 5.74) is 7.09. The van der Waals surface area contributed by atoms with Crippen LogP contribution in [-0.2, 0) is 18.4 Å². The molecule has 0 atom stereocenters. The van der Waals surface area contributed by atoms with Gasteiger partial charge < -0.3 is 11.1 Å². The predicted octanol–water partition coefficient (Wildman–Crippen LogP) is 1.79. The molecule has 0 fully saturated rings. The van der Waals surface area contributed by atoms with E-state index in [4.69, 9.17) is 5.73 Å². The summed E-state index contributed by atoms with van der Waals surface area (Å²) < 4.78 is 3.26. The van der Waals surface area contributed by atoms with Gasteiger partial charge in [0.2, 0.25) is 5.91 Å². The van der Waals surface area contributed by atoms with Crippen LogP contribution in [0, 0.1) is 0 Å². The summed E-state index contributed by atoms with van der Waals surface area (Å²) in [6.07, 6.45) is 1.84. The van der Waals surface area contributed by atoms with Gasteiger partial charge in [-0.05, 0) is 25.0 Å². The summed E-state index contributed by atoms with van der Waals surface area (Å²) in [6, 6.07) is 7.60. The Kier molecular flexibility index (Phi) is 7.05. The molecule has 0 spiro atoms. The highest BCUT2D eigenvalue weighted by Crippen LogP contribution is 2.14. The number of nitrogens with one attached hydrogen (secondary N) is 1. The Bertz CT molecular complexity index is 738. The first-order chi connectivity index (χ1) is 11.0. The first kappa shape index (κ1) is 20.3. The van der Waals surface area contributed by atoms with Crippen LogP contribution in [0.15, 0.2) is 29.1 Å². The molecule has 0 unspecified atom stereocenters. The van der Waals surface area contributed by atoms with Crippen LogP contribution in [-0.4, -0.2) is 27.1 Å². The fraction of sp³-hybridized carbons (Fsp3) is 0.529. The van der Waals surface area contributed by atoms with Gasteiger partial charge in [-0.1, -0.05) is 26.0 Å². The number of aryl methyl sites for hydroxylation is 2. The van der Waals surface area contributed by atoms with Gasteiger partial charge >= 0.3 is 5.69 Å². The lowest BCUT2D eigenvalue weighted by Gasteiger charge is -2.31. The summed E-state index contributed by atoms with van der Waals surface area (Å²) in [5, 5.41) is 3.04. The topological polar surface area (TPSA) is 82.1 Å². The minimum absolute atomic E-state index is 0. The molecule has 0 aliphatic rings. The molecule has 0 aliphatic carbocycles. The molecular weight excluding hydrogens is 328 g/mol. The van der Waals surface area contributed by atoms with E-state index in [1.165, 1.54) is 0 Å². The van der Waals surface area contributed by atoms with Crippen LogP contribution in [0.5, 0.6) is 0 Å². The molecule has 0 bridgehead atoms. The van der Waals surface area contributed by atoms with Gasteiger partial charge in [-0.15, -0.1) is 12.4 Å². The van der Waals surface area contributed by atoms with Gasteiger partial charge in [0.05, 0.1) is 16.6 Å². The second-order valence-electron chi connectivity index (χ2n) is 5.97. The normalized spacial score (nSPS) is 11.3. The maximum atomic E-state index is 12.3. The summed E-state index contributed by atoms with van der Waals surface area (Å²) in [6.45, 7) is 4.82. The number of imidazole rings is 1. The zero-order valence-corrected chi connectivity index (χ0v) is 15.4. The molecule has 1 aromatic heterocycles. The van der Waals surface area contributed by atoms with E-state index in [0.29, 0.717) is 13.1 Å². The Morgan fingerprint density at radius 1 is 1.21 bits per heavy atom. The van der Waals surface area contributed by atoms with Crippen molar-refractivity contribution in [3.63, 3.8) is 0 Å². The highest BCUT2D eigenvalue weighted by atomic mass is 35.5. The minimum atomic E-state index is -0.346. The molecule has 134 valence electrons. The number of amides is 1. The number of para-hydroxylation sites is 2. The summed E-state index contributed by atoms with van der Waals surface area (Å²) in [5.74, 6) is -0.0704. The molecule has 0 saturated heterocycles. The Balaban J connectivity index is 0.00000288. The lowest BCUT2D eigenvalue weighted by molar-refractivity contribution is -0.123. The van der Waals surface area contributed by atoms with E-state index in [9.17, 15) is 9.59 Å². The van der Waals surface area contributed by atoms with Crippen LogP contribution in [0.4, 0.5) is 0 Å². The third-order valence-electron chi connectivity index (χ3n) is 4.76. The molecular formula is C17H27ClN4O2. The lowest BCUT2D eigenvalue weighted by atomic mass is 9.93. The number of carbonyl (C=O) groups is 1. The van der Waals surface area contributed by atoms with E-state index in [0.717, 1.165) is 23.9 Å². The van der Waals surface area contributed by atoms with E-state index in [2.05, 4.69) is 5.32 Å². The Morgan fingerprint density at radius 2 is 1.79 bits per heavy atom. The molecule has 24 heavy (non-hydrogen) atoms. The van der Waals surface area contributed by atoms with Crippen molar-refractivity contribution in [3.05, 3.63) is 34.7 Å². The van der Waals surface area contributed by atoms with Gasteiger partial charge in [0, 0.05) is 26.6 Å². The fourth-order valence-electron chi connectivity index (χ4n) is 2.92. The second kappa shape index (κ2) is 8.35. The second-order valence-corrected chi connectivity index (χ2v) is 5.97. The van der Waals surface area contributed by atoms with Gasteiger partial charge in [-0.3, -0.25) is 13.9 Å². The number of benzene rings is 1. The smallest absolute Gasteiger partial charge is 0.328 e. The van der Waals surface area contributed by atoms with Gasteiger partial charge in [0.15, 0.2) is 0 Å². The Morgan fingerprint density at radius 3 is 2.33 bits per heavy atom. The Labute approximate surface area is 148 Å². The highest BCUT2D eigenvalue weighted by molar-refractivity contribution is 5.85. The summed E-state index contributed by atoms with van der Waals surface area (Å²) in [4.78, 5) is 24.6. The number of hydrogen-bond donors (Lipinski definition) is 2. The van der Waals surface area contributed by atoms with Crippen LogP contribution in [0.2, 0.25) is 0 Å². The first-order valence-electron chi connectivity index (χ1n) is 8.13. The highest BCUT2D eigenvalue weighted by Gasteiger charge is 2.26. The van der Waals surface area contributed by atoms with Gasteiger partial charge in [0.1, 0.15) is 0 Å². The van der Waals surface area contributed by atoms with E-state index in [-0.39, 0.29) is 36.0 Å². The van der Waals surface area contributed by atoms with Crippen molar-refractivity contribution in [1.29, 1.82) is 0 Å². The van der Waals surface area contributed by atoms with Crippen molar-refractivity contribution >= 4 is 29.3 Å². The molecule has 0 saturated carbocycles. The molecule has 1 heterocycles. The molecule has 0 radical (unpaired) electrons. The number of carbonyl (C=O) groups excluding carboxylic acids is 1. The maximum absolute atomic E-state index is 12.3. The molecule has 1 amide bonds. The Hall–Kier alpha value is -1.79. The van der Waals surface area contributed by atoms with E-state index in [1.54, 1.807) is 16.2 Å². The molecule has 2 rings (SSSR count). The third kappa shape index (κ3) is 3.82. The number of rotatable bonds is 7. The molecule has 1 aromatic carbocycles. The average Bonchev–Trinajstić information content (AvgIpc) is 2.82. The van der Waals surface area contributed by atoms with Gasteiger partial charge in [-0.2, -0.15) is 0 Å². The van der Waals surface area contributed by atoms with Crippen molar-refractivity contribution in [2.45, 2.75) is 45.2 Å². The van der Waals surface area contributed by atoms with Gasteiger partial charge in [-0.25, -0.2) is 4.79 Å². The number of halogens is 1. The number of nitrogens with zero attached hydrogens (tertiary/aromatic N) is 2. The summed E-state index contributed by atoms with van der Waals surface area (Å²) >= 11 is 0. The first-order valence-corrected chi connectivity index (χ1v) is 8.13. The monoisotopic (exact) mass is 354 g/mol. The molecule has 6 nitrogen and oxygen atoms in total. The van der Waals surface area contributed by atoms with Crippen LogP contribution >= 0.6 is 12.4 Å². The van der Waals surface area contributed by atoms with Crippen molar-refractivity contribution in [2.75, 3.05) is 6.54 Å². The third-order valence-corrected chi connectivity index (χ3v) is 4.76. The van der Waals surface area contributed by atoms with Crippen molar-refractivity contribution in [1.82, 2.24) is 14.5 Å². The largest absolute Gasteiger partial charge is 0.349 e. The number of fused-ring (bicyclic) bond motifs is 1. The van der Waals surface area contributed by atoms with Crippen molar-refractivity contribution in [3.8, 4) is 0 Å². The fourth-order valence-corrected chi connectivity index (χ4v) is 2.92. The zero-order valence-electron chi connectivity index (χ0n) is 14.5.